The number of carbonyl (C=O) groups is 2. The predicted molar refractivity (Wildman–Crippen MR) is 90.8 cm³/mol. The first-order valence-electron chi connectivity index (χ1n) is 8.49. The van der Waals surface area contributed by atoms with E-state index in [-0.39, 0.29) is 5.91 Å². The topological polar surface area (TPSA) is 84.9 Å². The van der Waals surface area contributed by atoms with Crippen molar-refractivity contribution in [1.29, 1.82) is 0 Å². The molecule has 1 aromatic rings. The Labute approximate surface area is 142 Å². The molecule has 1 atom stereocenters. The van der Waals surface area contributed by atoms with Crippen LogP contribution in [-0.4, -0.2) is 36.6 Å². The lowest BCUT2D eigenvalue weighted by atomic mass is 9.72. The predicted octanol–water partition coefficient (Wildman–Crippen LogP) is 1.88. The molecule has 2 N–H and O–H groups in total. The van der Waals surface area contributed by atoms with Crippen LogP contribution < -0.4 is 9.97 Å². The van der Waals surface area contributed by atoms with Crippen molar-refractivity contribution >= 4 is 19.0 Å². The van der Waals surface area contributed by atoms with Crippen LogP contribution >= 0.6 is 0 Å². The van der Waals surface area contributed by atoms with E-state index in [1.165, 1.54) is 0 Å². The number of rotatable bonds is 7. The van der Waals surface area contributed by atoms with Crippen LogP contribution in [0.25, 0.3) is 0 Å². The molecule has 0 saturated heterocycles. The highest BCUT2D eigenvalue weighted by Crippen LogP contribution is 2.30. The van der Waals surface area contributed by atoms with Crippen LogP contribution in [0.15, 0.2) is 18.2 Å². The van der Waals surface area contributed by atoms with Crippen molar-refractivity contribution in [3.63, 3.8) is 0 Å². The van der Waals surface area contributed by atoms with E-state index in [1.807, 2.05) is 6.07 Å². The Morgan fingerprint density at radius 1 is 1.38 bits per heavy atom. The molecule has 1 aliphatic heterocycles. The Morgan fingerprint density at radius 2 is 2.17 bits per heavy atom. The first kappa shape index (κ1) is 18.3. The zero-order valence-corrected chi connectivity index (χ0v) is 14.2. The molecule has 1 aliphatic rings. The molecule has 0 spiro atoms. The fourth-order valence-electron chi connectivity index (χ4n) is 2.61. The van der Waals surface area contributed by atoms with E-state index in [0.29, 0.717) is 30.8 Å². The van der Waals surface area contributed by atoms with Crippen LogP contribution in [0.4, 0.5) is 0 Å². The normalized spacial score (nSPS) is 16.1. The molecule has 0 fully saturated rings. The van der Waals surface area contributed by atoms with Gasteiger partial charge in [-0.3, -0.25) is 4.79 Å². The first-order chi connectivity index (χ1) is 11.6. The highest BCUT2D eigenvalue weighted by molar-refractivity contribution is 6.47. The third-order valence-corrected chi connectivity index (χ3v) is 3.99. The lowest BCUT2D eigenvalue weighted by molar-refractivity contribution is -0.121. The maximum absolute atomic E-state index is 12.2. The van der Waals surface area contributed by atoms with Gasteiger partial charge in [0.15, 0.2) is 0 Å². The van der Waals surface area contributed by atoms with Crippen LogP contribution in [0.1, 0.15) is 55.5 Å². The molecule has 6 nitrogen and oxygen atoms in total. The molecule has 0 radical (unpaired) electrons. The number of hydrogen-bond donors (Lipinski definition) is 2. The number of carbonyl (C=O) groups excluding carboxylic acids is 2. The fourth-order valence-corrected chi connectivity index (χ4v) is 2.61. The number of fused-ring (bicyclic) bond motifs is 1. The maximum atomic E-state index is 12.2. The fraction of sp³-hybridized carbons (Fsp3) is 0.529. The summed E-state index contributed by atoms with van der Waals surface area (Å²) in [6, 6.07) is 5.19. The van der Waals surface area contributed by atoms with Crippen molar-refractivity contribution in [3.05, 3.63) is 29.3 Å². The highest BCUT2D eigenvalue weighted by Gasteiger charge is 2.37. The number of para-hydroxylation sites is 1. The largest absolute Gasteiger partial charge is 0.547 e. The third-order valence-electron chi connectivity index (χ3n) is 3.99. The van der Waals surface area contributed by atoms with E-state index in [4.69, 9.17) is 9.39 Å². The number of benzene rings is 1. The minimum absolute atomic E-state index is 0.155. The van der Waals surface area contributed by atoms with Crippen molar-refractivity contribution in [1.82, 2.24) is 5.32 Å². The molecule has 0 unspecified atom stereocenters. The molecule has 2 rings (SSSR count). The first-order valence-corrected chi connectivity index (χ1v) is 8.49. The summed E-state index contributed by atoms with van der Waals surface area (Å²) in [5.74, 6) is -0.794. The Kier molecular flexibility index (Phi) is 6.67. The van der Waals surface area contributed by atoms with Gasteiger partial charge in [0.25, 0.3) is 0 Å². The number of unbranched alkanes of at least 4 members (excludes halogenated alkanes) is 2. The van der Waals surface area contributed by atoms with E-state index in [0.717, 1.165) is 24.8 Å². The summed E-state index contributed by atoms with van der Waals surface area (Å²) in [4.78, 5) is 23.8. The molecular formula is C17H24BNO5. The van der Waals surface area contributed by atoms with E-state index in [2.05, 4.69) is 12.2 Å². The van der Waals surface area contributed by atoms with Crippen molar-refractivity contribution in [3.8, 4) is 5.75 Å². The summed E-state index contributed by atoms with van der Waals surface area (Å²) in [6.45, 7) is 4.19. The van der Waals surface area contributed by atoms with Crippen molar-refractivity contribution < 1.29 is 24.0 Å². The Morgan fingerprint density at radius 3 is 2.88 bits per heavy atom. The molecule has 1 amide bonds. The Bertz CT molecular complexity index is 592. The number of esters is 1. The number of hydrogen-bond acceptors (Lipinski definition) is 5. The summed E-state index contributed by atoms with van der Waals surface area (Å²) in [6.07, 6.45) is 3.62. The lowest BCUT2D eigenvalue weighted by Crippen LogP contribution is -2.53. The highest BCUT2D eigenvalue weighted by atomic mass is 16.5. The van der Waals surface area contributed by atoms with Crippen molar-refractivity contribution in [2.24, 2.45) is 0 Å². The molecule has 24 heavy (non-hydrogen) atoms. The number of nitrogens with one attached hydrogen (secondary N) is 1. The van der Waals surface area contributed by atoms with E-state index in [9.17, 15) is 14.6 Å². The zero-order valence-electron chi connectivity index (χ0n) is 14.2. The average molecular weight is 333 g/mol. The SMILES string of the molecule is CCCCCOC(=O)c1cccc2c1OB(O)[C@@H](NC(=O)CC)C2. The second-order valence-electron chi connectivity index (χ2n) is 5.88. The molecule has 0 bridgehead atoms. The summed E-state index contributed by atoms with van der Waals surface area (Å²) in [5.41, 5.74) is 1.08. The van der Waals surface area contributed by atoms with E-state index < -0.39 is 19.0 Å². The molecule has 130 valence electrons. The molecule has 1 heterocycles. The van der Waals surface area contributed by atoms with Gasteiger partial charge >= 0.3 is 13.1 Å². The summed E-state index contributed by atoms with van der Waals surface area (Å²) < 4.78 is 10.8. The number of ether oxygens (including phenoxy) is 1. The Balaban J connectivity index is 2.09. The molecule has 0 saturated carbocycles. The lowest BCUT2D eigenvalue weighted by Gasteiger charge is -2.29. The van der Waals surface area contributed by atoms with Crippen LogP contribution in [0.2, 0.25) is 0 Å². The van der Waals surface area contributed by atoms with Crippen LogP contribution in [0.5, 0.6) is 5.75 Å². The Hall–Kier alpha value is -2.02. The summed E-state index contributed by atoms with van der Waals surface area (Å²) in [5, 5.41) is 12.8. The molecule has 1 aromatic carbocycles. The molecule has 7 heteroatoms. The monoisotopic (exact) mass is 333 g/mol. The average Bonchev–Trinajstić information content (AvgIpc) is 2.58. The van der Waals surface area contributed by atoms with Gasteiger partial charge in [0, 0.05) is 6.42 Å². The summed E-state index contributed by atoms with van der Waals surface area (Å²) >= 11 is 0. The third kappa shape index (κ3) is 4.51. The van der Waals surface area contributed by atoms with Crippen molar-refractivity contribution in [2.75, 3.05) is 6.61 Å². The van der Waals surface area contributed by atoms with E-state index in [1.54, 1.807) is 19.1 Å². The van der Waals surface area contributed by atoms with Gasteiger partial charge in [-0.15, -0.1) is 0 Å². The summed E-state index contributed by atoms with van der Waals surface area (Å²) in [7, 11) is -1.19. The van der Waals surface area contributed by atoms with Gasteiger partial charge in [-0.05, 0) is 24.5 Å². The zero-order chi connectivity index (χ0) is 17.5. The van der Waals surface area contributed by atoms with Gasteiger partial charge in [-0.2, -0.15) is 0 Å². The van der Waals surface area contributed by atoms with Crippen LogP contribution in [0.3, 0.4) is 0 Å². The van der Waals surface area contributed by atoms with Crippen molar-refractivity contribution in [2.45, 2.75) is 51.9 Å². The van der Waals surface area contributed by atoms with Gasteiger partial charge in [0.1, 0.15) is 11.3 Å². The van der Waals surface area contributed by atoms with Gasteiger partial charge in [-0.25, -0.2) is 4.79 Å². The second kappa shape index (κ2) is 8.73. The smallest absolute Gasteiger partial charge is 0.534 e. The molecule has 0 aromatic heterocycles. The quantitative estimate of drug-likeness (QED) is 0.452. The molecule has 0 aliphatic carbocycles. The van der Waals surface area contributed by atoms with Gasteiger partial charge in [-0.1, -0.05) is 38.8 Å². The van der Waals surface area contributed by atoms with Gasteiger partial charge in [0.2, 0.25) is 5.91 Å². The number of amides is 1. The van der Waals surface area contributed by atoms with E-state index >= 15 is 0 Å². The van der Waals surface area contributed by atoms with Gasteiger partial charge in [0.05, 0.1) is 12.5 Å². The maximum Gasteiger partial charge on any atom is 0.547 e. The minimum atomic E-state index is -1.19. The van der Waals surface area contributed by atoms with Crippen LogP contribution in [0, 0.1) is 0 Å². The second-order valence-corrected chi connectivity index (χ2v) is 5.88. The van der Waals surface area contributed by atoms with Gasteiger partial charge < -0.3 is 19.7 Å². The molecular weight excluding hydrogens is 309 g/mol. The van der Waals surface area contributed by atoms with Crippen LogP contribution in [-0.2, 0) is 16.0 Å². The minimum Gasteiger partial charge on any atom is -0.534 e. The standard InChI is InChI=1S/C17H24BNO5/c1-3-5-6-10-23-17(21)13-9-7-8-12-11-14(19-15(20)4-2)18(22)24-16(12)13/h7-9,14,22H,3-6,10-11H2,1-2H3,(H,19,20)/t14-/m0/s1.